The van der Waals surface area contributed by atoms with E-state index in [1.165, 1.54) is 7.11 Å². The van der Waals surface area contributed by atoms with E-state index < -0.39 is 6.10 Å². The number of hydrogen-bond acceptors (Lipinski definition) is 4. The number of likely N-dealkylation sites (N-methyl/N-ethyl adjacent to an activating group) is 1. The zero-order chi connectivity index (χ0) is 13.7. The van der Waals surface area contributed by atoms with Gasteiger partial charge in [0.25, 0.3) is 0 Å². The zero-order valence-corrected chi connectivity index (χ0v) is 11.6. The second kappa shape index (κ2) is 7.07. The van der Waals surface area contributed by atoms with Crippen LogP contribution in [0.4, 0.5) is 0 Å². The van der Waals surface area contributed by atoms with Crippen molar-refractivity contribution in [3.63, 3.8) is 0 Å². The van der Waals surface area contributed by atoms with Crippen molar-refractivity contribution in [3.8, 4) is 0 Å². The predicted molar refractivity (Wildman–Crippen MR) is 70.0 cm³/mol. The number of rotatable bonds is 5. The van der Waals surface area contributed by atoms with Crippen LogP contribution in [0.2, 0.25) is 0 Å². The van der Waals surface area contributed by atoms with Crippen LogP contribution in [0.5, 0.6) is 0 Å². The Balaban J connectivity index is 2.51. The first kappa shape index (κ1) is 15.4. The Hall–Kier alpha value is -0.650. The number of nitrogens with zero attached hydrogens (tertiary/aromatic N) is 1. The summed E-state index contributed by atoms with van der Waals surface area (Å²) in [6.07, 6.45) is 2.22. The maximum Gasteiger partial charge on any atom is 0.227 e. The number of carbonyl (C=O) groups excluding carboxylic acids is 1. The highest BCUT2D eigenvalue weighted by Gasteiger charge is 2.33. The van der Waals surface area contributed by atoms with Crippen molar-refractivity contribution in [2.24, 2.45) is 17.6 Å². The number of aliphatic hydroxyl groups excluding tert-OH is 1. The molecule has 0 aromatic heterocycles. The lowest BCUT2D eigenvalue weighted by atomic mass is 9.78. The maximum absolute atomic E-state index is 12.3. The molecule has 0 bridgehead atoms. The van der Waals surface area contributed by atoms with Crippen LogP contribution in [-0.4, -0.2) is 55.4 Å². The molecule has 5 nitrogen and oxygen atoms in total. The molecule has 0 radical (unpaired) electrons. The summed E-state index contributed by atoms with van der Waals surface area (Å²) in [5, 5.41) is 9.63. The monoisotopic (exact) mass is 258 g/mol. The van der Waals surface area contributed by atoms with Gasteiger partial charge in [0.2, 0.25) is 5.91 Å². The Morgan fingerprint density at radius 3 is 2.83 bits per heavy atom. The third-order valence-electron chi connectivity index (χ3n) is 3.70. The van der Waals surface area contributed by atoms with Crippen LogP contribution in [0.1, 0.15) is 26.2 Å². The molecular formula is C13H26N2O3. The summed E-state index contributed by atoms with van der Waals surface area (Å²) < 4.78 is 4.86. The van der Waals surface area contributed by atoms with Crippen molar-refractivity contribution in [1.29, 1.82) is 0 Å². The molecule has 1 saturated carbocycles. The molecule has 1 aliphatic carbocycles. The smallest absolute Gasteiger partial charge is 0.227 e. The minimum atomic E-state index is -0.638. The number of hydrogen-bond donors (Lipinski definition) is 2. The van der Waals surface area contributed by atoms with Crippen molar-refractivity contribution < 1.29 is 14.6 Å². The highest BCUT2D eigenvalue weighted by Crippen LogP contribution is 2.29. The van der Waals surface area contributed by atoms with E-state index in [0.717, 1.165) is 19.3 Å². The van der Waals surface area contributed by atoms with Gasteiger partial charge in [-0.05, 0) is 25.2 Å². The maximum atomic E-state index is 12.3. The molecule has 4 atom stereocenters. The van der Waals surface area contributed by atoms with Crippen molar-refractivity contribution >= 4 is 5.91 Å². The number of amides is 1. The fourth-order valence-corrected chi connectivity index (χ4v) is 2.62. The molecule has 1 aliphatic rings. The summed E-state index contributed by atoms with van der Waals surface area (Å²) >= 11 is 0. The number of ether oxygens (including phenoxy) is 1. The second-order valence-corrected chi connectivity index (χ2v) is 5.52. The van der Waals surface area contributed by atoms with E-state index in [4.69, 9.17) is 10.5 Å². The van der Waals surface area contributed by atoms with Crippen molar-refractivity contribution in [1.82, 2.24) is 4.90 Å². The normalized spacial score (nSPS) is 29.9. The quantitative estimate of drug-likeness (QED) is 0.739. The molecule has 3 N–H and O–H groups in total. The molecule has 5 heteroatoms. The lowest BCUT2D eigenvalue weighted by Gasteiger charge is -2.34. The molecule has 0 aromatic carbocycles. The van der Waals surface area contributed by atoms with E-state index in [-0.39, 0.29) is 24.5 Å². The molecule has 0 aliphatic heterocycles. The molecule has 4 unspecified atom stereocenters. The van der Waals surface area contributed by atoms with E-state index in [9.17, 15) is 9.90 Å². The van der Waals surface area contributed by atoms with Crippen molar-refractivity contribution in [2.75, 3.05) is 27.3 Å². The van der Waals surface area contributed by atoms with E-state index in [2.05, 4.69) is 6.92 Å². The topological polar surface area (TPSA) is 75.8 Å². The second-order valence-electron chi connectivity index (χ2n) is 5.52. The van der Waals surface area contributed by atoms with Crippen LogP contribution in [0.25, 0.3) is 0 Å². The lowest BCUT2D eigenvalue weighted by Crippen LogP contribution is -2.47. The van der Waals surface area contributed by atoms with E-state index in [1.807, 2.05) is 0 Å². The summed E-state index contributed by atoms with van der Waals surface area (Å²) in [6, 6.07) is -0.0456. The van der Waals surface area contributed by atoms with Crippen LogP contribution in [0, 0.1) is 11.8 Å². The summed E-state index contributed by atoms with van der Waals surface area (Å²) in [7, 11) is 3.25. The minimum absolute atomic E-state index is 0.0456. The first-order valence-corrected chi connectivity index (χ1v) is 6.63. The first-order valence-electron chi connectivity index (χ1n) is 6.63. The predicted octanol–water partition coefficient (Wildman–Crippen LogP) is 0.216. The van der Waals surface area contributed by atoms with Crippen molar-refractivity contribution in [2.45, 2.75) is 38.3 Å². The number of methoxy groups -OCH3 is 1. The number of carbonyl (C=O) groups is 1. The Labute approximate surface area is 109 Å². The summed E-state index contributed by atoms with van der Waals surface area (Å²) in [5.74, 6) is 0.494. The molecule has 106 valence electrons. The molecular weight excluding hydrogens is 232 g/mol. The molecule has 1 fully saturated rings. The average molecular weight is 258 g/mol. The van der Waals surface area contributed by atoms with Crippen LogP contribution < -0.4 is 5.73 Å². The van der Waals surface area contributed by atoms with Gasteiger partial charge in [-0.15, -0.1) is 0 Å². The van der Waals surface area contributed by atoms with Gasteiger partial charge >= 0.3 is 0 Å². The van der Waals surface area contributed by atoms with Crippen LogP contribution in [0.15, 0.2) is 0 Å². The third-order valence-corrected chi connectivity index (χ3v) is 3.70. The molecule has 0 aromatic rings. The van der Waals surface area contributed by atoms with Crippen LogP contribution in [0.3, 0.4) is 0 Å². The molecule has 18 heavy (non-hydrogen) atoms. The van der Waals surface area contributed by atoms with E-state index in [1.54, 1.807) is 11.9 Å². The largest absolute Gasteiger partial charge is 0.389 e. The first-order chi connectivity index (χ1) is 8.45. The third kappa shape index (κ3) is 4.23. The van der Waals surface area contributed by atoms with Crippen LogP contribution in [-0.2, 0) is 9.53 Å². The van der Waals surface area contributed by atoms with Gasteiger partial charge < -0.3 is 20.5 Å². The Morgan fingerprint density at radius 2 is 2.22 bits per heavy atom. The van der Waals surface area contributed by atoms with E-state index in [0.29, 0.717) is 12.5 Å². The lowest BCUT2D eigenvalue weighted by molar-refractivity contribution is -0.138. The molecule has 1 rings (SSSR count). The minimum Gasteiger partial charge on any atom is -0.389 e. The Bertz CT molecular complexity index is 273. The SMILES string of the molecule is COCC(O)CN(C)C(=O)C1CC(C)CCC1N. The van der Waals surface area contributed by atoms with Gasteiger partial charge in [0.15, 0.2) is 0 Å². The van der Waals surface area contributed by atoms with Gasteiger partial charge in [0.05, 0.1) is 18.6 Å². The van der Waals surface area contributed by atoms with Gasteiger partial charge in [-0.3, -0.25) is 4.79 Å². The molecule has 0 spiro atoms. The van der Waals surface area contributed by atoms with Gasteiger partial charge in [-0.2, -0.15) is 0 Å². The molecule has 0 heterocycles. The summed E-state index contributed by atoms with van der Waals surface area (Å²) in [6.45, 7) is 2.70. The summed E-state index contributed by atoms with van der Waals surface area (Å²) in [5.41, 5.74) is 6.03. The molecule has 0 saturated heterocycles. The Kier molecular flexibility index (Phi) is 6.05. The number of nitrogens with two attached hydrogens (primary N) is 1. The highest BCUT2D eigenvalue weighted by atomic mass is 16.5. The van der Waals surface area contributed by atoms with Gasteiger partial charge in [0.1, 0.15) is 0 Å². The fourth-order valence-electron chi connectivity index (χ4n) is 2.62. The van der Waals surface area contributed by atoms with E-state index >= 15 is 0 Å². The Morgan fingerprint density at radius 1 is 1.56 bits per heavy atom. The standard InChI is InChI=1S/C13H26N2O3/c1-9-4-5-12(14)11(6-9)13(17)15(2)7-10(16)8-18-3/h9-12,16H,4-8,14H2,1-3H3. The van der Waals surface area contributed by atoms with Gasteiger partial charge in [-0.25, -0.2) is 0 Å². The van der Waals surface area contributed by atoms with Crippen molar-refractivity contribution in [3.05, 3.63) is 0 Å². The highest BCUT2D eigenvalue weighted by molar-refractivity contribution is 5.79. The number of aliphatic hydroxyl groups is 1. The molecule has 1 amide bonds. The van der Waals surface area contributed by atoms with Crippen LogP contribution >= 0.6 is 0 Å². The average Bonchev–Trinajstić information content (AvgIpc) is 2.31. The zero-order valence-electron chi connectivity index (χ0n) is 11.6. The van der Waals surface area contributed by atoms with Gasteiger partial charge in [0, 0.05) is 26.7 Å². The summed E-state index contributed by atoms with van der Waals surface area (Å²) in [4.78, 5) is 13.9. The fraction of sp³-hybridized carbons (Fsp3) is 0.923. The van der Waals surface area contributed by atoms with Gasteiger partial charge in [-0.1, -0.05) is 6.92 Å².